The Morgan fingerprint density at radius 1 is 0.903 bits per heavy atom. The summed E-state index contributed by atoms with van der Waals surface area (Å²) in [5.41, 5.74) is 2.67. The summed E-state index contributed by atoms with van der Waals surface area (Å²) in [6.07, 6.45) is 2.08. The molecule has 6 heteroatoms. The van der Waals surface area contributed by atoms with Crippen molar-refractivity contribution < 1.29 is 19.1 Å². The number of aryl methyl sites for hydroxylation is 1. The second kappa shape index (κ2) is 9.00. The van der Waals surface area contributed by atoms with Crippen LogP contribution in [0.4, 0.5) is 0 Å². The zero-order valence-corrected chi connectivity index (χ0v) is 18.5. The number of hydrogen-bond acceptors (Lipinski definition) is 4. The summed E-state index contributed by atoms with van der Waals surface area (Å²) in [5, 5.41) is 0. The lowest BCUT2D eigenvalue weighted by Crippen LogP contribution is -2.37. The number of amides is 2. The number of carbonyl (C=O) groups excluding carboxylic acids is 2. The first-order valence-corrected chi connectivity index (χ1v) is 10.9. The standard InChI is InChI=1S/C25H30N2O4/c1-17-6-8-18(9-7-17)24(28)27-15-21(20-14-19(30-2)10-11-23(20)31-3)22(16-27)25(29)26-12-4-5-13-26/h6-11,14,21-22H,4-5,12-13,15-16H2,1-3H3/t21-,22-/m0/s1. The van der Waals surface area contributed by atoms with Crippen LogP contribution >= 0.6 is 0 Å². The van der Waals surface area contributed by atoms with Gasteiger partial charge in [0.15, 0.2) is 0 Å². The molecule has 0 radical (unpaired) electrons. The molecule has 2 aliphatic rings. The Labute approximate surface area is 183 Å². The molecule has 2 amide bonds. The van der Waals surface area contributed by atoms with Gasteiger partial charge in [-0.1, -0.05) is 17.7 Å². The Morgan fingerprint density at radius 3 is 2.26 bits per heavy atom. The van der Waals surface area contributed by atoms with Crippen molar-refractivity contribution >= 4 is 11.8 Å². The van der Waals surface area contributed by atoms with Gasteiger partial charge in [-0.15, -0.1) is 0 Å². The summed E-state index contributed by atoms with van der Waals surface area (Å²) in [4.78, 5) is 30.5. The minimum atomic E-state index is -0.298. The first-order valence-electron chi connectivity index (χ1n) is 10.9. The number of nitrogens with zero attached hydrogens (tertiary/aromatic N) is 2. The molecule has 2 fully saturated rings. The molecule has 0 aromatic heterocycles. The van der Waals surface area contributed by atoms with E-state index >= 15 is 0 Å². The van der Waals surface area contributed by atoms with E-state index < -0.39 is 0 Å². The predicted octanol–water partition coefficient (Wildman–Crippen LogP) is 3.49. The van der Waals surface area contributed by atoms with Crippen LogP contribution in [0, 0.1) is 12.8 Å². The highest BCUT2D eigenvalue weighted by Crippen LogP contribution is 2.41. The SMILES string of the molecule is COc1ccc(OC)c([C@@H]2CN(C(=O)c3ccc(C)cc3)C[C@@H]2C(=O)N2CCCC2)c1. The summed E-state index contributed by atoms with van der Waals surface area (Å²) in [7, 11) is 3.26. The fraction of sp³-hybridized carbons (Fsp3) is 0.440. The Morgan fingerprint density at radius 2 is 1.61 bits per heavy atom. The molecule has 2 atom stereocenters. The first-order chi connectivity index (χ1) is 15.0. The van der Waals surface area contributed by atoms with Crippen molar-refractivity contribution in [1.82, 2.24) is 9.80 Å². The van der Waals surface area contributed by atoms with Crippen molar-refractivity contribution in [2.75, 3.05) is 40.4 Å². The van der Waals surface area contributed by atoms with Gasteiger partial charge in [0.25, 0.3) is 5.91 Å². The molecular formula is C25H30N2O4. The molecule has 2 aromatic rings. The van der Waals surface area contributed by atoms with E-state index in [-0.39, 0.29) is 23.7 Å². The summed E-state index contributed by atoms with van der Waals surface area (Å²) in [6.45, 7) is 4.47. The van der Waals surface area contributed by atoms with Gasteiger partial charge in [0.1, 0.15) is 11.5 Å². The van der Waals surface area contributed by atoms with Crippen molar-refractivity contribution in [2.45, 2.75) is 25.7 Å². The second-order valence-electron chi connectivity index (χ2n) is 8.43. The maximum Gasteiger partial charge on any atom is 0.253 e. The zero-order valence-electron chi connectivity index (χ0n) is 18.5. The Bertz CT molecular complexity index is 950. The minimum absolute atomic E-state index is 0.0383. The molecular weight excluding hydrogens is 392 g/mol. The highest BCUT2D eigenvalue weighted by molar-refractivity contribution is 5.95. The third-order valence-corrected chi connectivity index (χ3v) is 6.48. The van der Waals surface area contributed by atoms with Crippen molar-refractivity contribution in [3.63, 3.8) is 0 Å². The number of benzene rings is 2. The average Bonchev–Trinajstić information content (AvgIpc) is 3.49. The fourth-order valence-electron chi connectivity index (χ4n) is 4.71. The van der Waals surface area contributed by atoms with Gasteiger partial charge >= 0.3 is 0 Å². The lowest BCUT2D eigenvalue weighted by Gasteiger charge is -2.25. The second-order valence-corrected chi connectivity index (χ2v) is 8.43. The van der Waals surface area contributed by atoms with Crippen LogP contribution in [0.1, 0.15) is 40.2 Å². The molecule has 2 aromatic carbocycles. The summed E-state index contributed by atoms with van der Waals surface area (Å²) >= 11 is 0. The maximum atomic E-state index is 13.5. The zero-order chi connectivity index (χ0) is 22.0. The molecule has 4 rings (SSSR count). The van der Waals surface area contributed by atoms with Crippen molar-refractivity contribution in [1.29, 1.82) is 0 Å². The van der Waals surface area contributed by atoms with Gasteiger partial charge in [-0.3, -0.25) is 9.59 Å². The van der Waals surface area contributed by atoms with E-state index in [0.717, 1.165) is 42.8 Å². The van der Waals surface area contributed by atoms with Gasteiger partial charge in [-0.25, -0.2) is 0 Å². The van der Waals surface area contributed by atoms with Crippen LogP contribution in [0.25, 0.3) is 0 Å². The maximum absolute atomic E-state index is 13.5. The van der Waals surface area contributed by atoms with Crippen LogP contribution in [0.15, 0.2) is 42.5 Å². The number of ether oxygens (including phenoxy) is 2. The molecule has 2 aliphatic heterocycles. The number of rotatable bonds is 5. The molecule has 0 unspecified atom stereocenters. The van der Waals surface area contributed by atoms with Crippen LogP contribution in [0.3, 0.4) is 0 Å². The molecule has 2 saturated heterocycles. The molecule has 6 nitrogen and oxygen atoms in total. The van der Waals surface area contributed by atoms with Crippen LogP contribution in [0.2, 0.25) is 0 Å². The molecule has 31 heavy (non-hydrogen) atoms. The quantitative estimate of drug-likeness (QED) is 0.740. The largest absolute Gasteiger partial charge is 0.497 e. The van der Waals surface area contributed by atoms with E-state index in [1.807, 2.05) is 59.2 Å². The van der Waals surface area contributed by atoms with Gasteiger partial charge in [-0.2, -0.15) is 0 Å². The molecule has 164 valence electrons. The third-order valence-electron chi connectivity index (χ3n) is 6.48. The topological polar surface area (TPSA) is 59.1 Å². The molecule has 2 heterocycles. The monoisotopic (exact) mass is 422 g/mol. The van der Waals surface area contributed by atoms with Gasteiger partial charge in [0, 0.05) is 43.2 Å². The summed E-state index contributed by atoms with van der Waals surface area (Å²) in [6, 6.07) is 13.3. The van der Waals surface area contributed by atoms with E-state index in [1.54, 1.807) is 14.2 Å². The Kier molecular flexibility index (Phi) is 6.16. The number of likely N-dealkylation sites (tertiary alicyclic amines) is 2. The lowest BCUT2D eigenvalue weighted by molar-refractivity contribution is -0.134. The highest BCUT2D eigenvalue weighted by atomic mass is 16.5. The van der Waals surface area contributed by atoms with Crippen molar-refractivity contribution in [2.24, 2.45) is 5.92 Å². The van der Waals surface area contributed by atoms with Crippen LogP contribution in [-0.2, 0) is 4.79 Å². The average molecular weight is 423 g/mol. The summed E-state index contributed by atoms with van der Waals surface area (Å²) < 4.78 is 11.1. The molecule has 0 aliphatic carbocycles. The molecule has 0 spiro atoms. The van der Waals surface area contributed by atoms with E-state index in [4.69, 9.17) is 9.47 Å². The van der Waals surface area contributed by atoms with Crippen molar-refractivity contribution in [3.8, 4) is 11.5 Å². The van der Waals surface area contributed by atoms with E-state index in [1.165, 1.54) is 0 Å². The van der Waals surface area contributed by atoms with Crippen molar-refractivity contribution in [3.05, 3.63) is 59.2 Å². The lowest BCUT2D eigenvalue weighted by atomic mass is 9.87. The number of carbonyl (C=O) groups is 2. The molecule has 0 N–H and O–H groups in total. The number of methoxy groups -OCH3 is 2. The predicted molar refractivity (Wildman–Crippen MR) is 119 cm³/mol. The molecule has 0 bridgehead atoms. The molecule has 0 saturated carbocycles. The van der Waals surface area contributed by atoms with E-state index in [2.05, 4.69) is 0 Å². The first kappa shape index (κ1) is 21.2. The normalized spacial score (nSPS) is 20.7. The van der Waals surface area contributed by atoms with Gasteiger partial charge < -0.3 is 19.3 Å². The van der Waals surface area contributed by atoms with Gasteiger partial charge in [0.05, 0.1) is 20.1 Å². The van der Waals surface area contributed by atoms with Gasteiger partial charge in [-0.05, 0) is 50.1 Å². The Balaban J connectivity index is 1.68. The van der Waals surface area contributed by atoms with E-state index in [0.29, 0.717) is 24.4 Å². The highest BCUT2D eigenvalue weighted by Gasteiger charge is 2.43. The fourth-order valence-corrected chi connectivity index (χ4v) is 4.71. The Hall–Kier alpha value is -3.02. The third kappa shape index (κ3) is 4.24. The van der Waals surface area contributed by atoms with Crippen LogP contribution < -0.4 is 9.47 Å². The van der Waals surface area contributed by atoms with E-state index in [9.17, 15) is 9.59 Å². The van der Waals surface area contributed by atoms with Crippen LogP contribution in [0.5, 0.6) is 11.5 Å². The van der Waals surface area contributed by atoms with Crippen LogP contribution in [-0.4, -0.2) is 62.0 Å². The smallest absolute Gasteiger partial charge is 0.253 e. The minimum Gasteiger partial charge on any atom is -0.497 e. The summed E-state index contributed by atoms with van der Waals surface area (Å²) in [5.74, 6) is 1.08. The number of hydrogen-bond donors (Lipinski definition) is 0. The van der Waals surface area contributed by atoms with Gasteiger partial charge in [0.2, 0.25) is 5.91 Å².